The third-order valence-corrected chi connectivity index (χ3v) is 5.65. The molecule has 0 spiro atoms. The van der Waals surface area contributed by atoms with Crippen LogP contribution in [-0.4, -0.2) is 59.4 Å². The van der Waals surface area contributed by atoms with E-state index >= 15 is 0 Å². The summed E-state index contributed by atoms with van der Waals surface area (Å²) in [6, 6.07) is 10.2. The summed E-state index contributed by atoms with van der Waals surface area (Å²) in [6.07, 6.45) is 2.48. The highest BCUT2D eigenvalue weighted by atomic mass is 35.5. The summed E-state index contributed by atoms with van der Waals surface area (Å²) < 4.78 is 18.8. The van der Waals surface area contributed by atoms with Crippen molar-refractivity contribution in [3.05, 3.63) is 53.6 Å². The van der Waals surface area contributed by atoms with Crippen molar-refractivity contribution in [2.45, 2.75) is 6.42 Å². The number of nitrogens with zero attached hydrogens (tertiary/aromatic N) is 3. The van der Waals surface area contributed by atoms with Gasteiger partial charge < -0.3 is 20.7 Å². The summed E-state index contributed by atoms with van der Waals surface area (Å²) in [5.41, 5.74) is 2.22. The normalized spacial score (nSPS) is 14.3. The minimum absolute atomic E-state index is 0.0424. The Hall–Kier alpha value is -2.59. The number of anilines is 3. The standard InChI is InChI=1S/C22H24ClFN6OS/c23-18-13-16(2-4-19(18)24)28-21-17-12-15(3-5-20(17)26-14-27-21)29-22(32)25-6-1-7-30-8-10-31-11-9-30/h2-5,12-14H,1,6-11H2,(H2,25,29,32)(H,26,27,28). The van der Waals surface area contributed by atoms with E-state index in [0.29, 0.717) is 16.6 Å². The van der Waals surface area contributed by atoms with Gasteiger partial charge in [-0.25, -0.2) is 14.4 Å². The van der Waals surface area contributed by atoms with Crippen LogP contribution in [0.2, 0.25) is 5.02 Å². The Morgan fingerprint density at radius 2 is 1.94 bits per heavy atom. The van der Waals surface area contributed by atoms with E-state index in [-0.39, 0.29) is 5.02 Å². The Balaban J connectivity index is 1.37. The van der Waals surface area contributed by atoms with Crippen molar-refractivity contribution in [1.82, 2.24) is 20.2 Å². The number of halogens is 2. The highest BCUT2D eigenvalue weighted by Crippen LogP contribution is 2.27. The Labute approximate surface area is 196 Å². The molecule has 0 bridgehead atoms. The molecular formula is C22H24ClFN6OS. The number of morpholine rings is 1. The predicted molar refractivity (Wildman–Crippen MR) is 130 cm³/mol. The number of hydrogen-bond acceptors (Lipinski definition) is 6. The lowest BCUT2D eigenvalue weighted by Gasteiger charge is -2.26. The molecule has 1 aliphatic rings. The van der Waals surface area contributed by atoms with Crippen molar-refractivity contribution in [2.75, 3.05) is 50.0 Å². The molecule has 32 heavy (non-hydrogen) atoms. The van der Waals surface area contributed by atoms with E-state index < -0.39 is 5.82 Å². The van der Waals surface area contributed by atoms with Gasteiger partial charge in [0.05, 0.1) is 23.8 Å². The highest BCUT2D eigenvalue weighted by molar-refractivity contribution is 7.80. The summed E-state index contributed by atoms with van der Waals surface area (Å²) in [7, 11) is 0. The minimum Gasteiger partial charge on any atom is -0.379 e. The molecule has 2 heterocycles. The molecule has 4 rings (SSSR count). The van der Waals surface area contributed by atoms with E-state index in [4.69, 9.17) is 28.6 Å². The number of nitrogens with one attached hydrogen (secondary N) is 3. The molecule has 1 saturated heterocycles. The van der Waals surface area contributed by atoms with Crippen molar-refractivity contribution in [3.8, 4) is 0 Å². The maximum atomic E-state index is 13.5. The summed E-state index contributed by atoms with van der Waals surface area (Å²) >= 11 is 11.3. The fraction of sp³-hybridized carbons (Fsp3) is 0.318. The van der Waals surface area contributed by atoms with Crippen LogP contribution in [0.5, 0.6) is 0 Å². The van der Waals surface area contributed by atoms with Gasteiger partial charge in [0.15, 0.2) is 5.11 Å². The molecule has 0 aliphatic carbocycles. The molecule has 1 fully saturated rings. The number of aromatic nitrogens is 2. The molecule has 1 aromatic heterocycles. The van der Waals surface area contributed by atoms with Crippen LogP contribution in [0.3, 0.4) is 0 Å². The number of thiocarbonyl (C=S) groups is 1. The highest BCUT2D eigenvalue weighted by Gasteiger charge is 2.10. The van der Waals surface area contributed by atoms with Crippen LogP contribution in [-0.2, 0) is 4.74 Å². The largest absolute Gasteiger partial charge is 0.379 e. The summed E-state index contributed by atoms with van der Waals surface area (Å²) in [4.78, 5) is 11.0. The molecule has 0 radical (unpaired) electrons. The van der Waals surface area contributed by atoms with Crippen LogP contribution in [0.1, 0.15) is 6.42 Å². The second-order valence-electron chi connectivity index (χ2n) is 7.40. The van der Waals surface area contributed by atoms with Crippen LogP contribution in [0.15, 0.2) is 42.7 Å². The van der Waals surface area contributed by atoms with Crippen molar-refractivity contribution in [2.24, 2.45) is 0 Å². The first-order valence-corrected chi connectivity index (χ1v) is 11.2. The van der Waals surface area contributed by atoms with Crippen LogP contribution >= 0.6 is 23.8 Å². The van der Waals surface area contributed by atoms with Gasteiger partial charge in [0.1, 0.15) is 18.0 Å². The smallest absolute Gasteiger partial charge is 0.170 e. The molecule has 7 nitrogen and oxygen atoms in total. The molecule has 1 aliphatic heterocycles. The Morgan fingerprint density at radius 3 is 2.75 bits per heavy atom. The Bertz CT molecular complexity index is 1100. The van der Waals surface area contributed by atoms with Gasteiger partial charge in [0.25, 0.3) is 0 Å². The molecule has 10 heteroatoms. The first-order chi connectivity index (χ1) is 15.6. The van der Waals surface area contributed by atoms with Crippen LogP contribution < -0.4 is 16.0 Å². The predicted octanol–water partition coefficient (Wildman–Crippen LogP) is 4.17. The number of rotatable bonds is 7. The Kier molecular flexibility index (Phi) is 7.64. The van der Waals surface area contributed by atoms with Gasteiger partial charge in [0.2, 0.25) is 0 Å². The van der Waals surface area contributed by atoms with E-state index in [2.05, 4.69) is 30.8 Å². The number of hydrogen-bond donors (Lipinski definition) is 3. The van der Waals surface area contributed by atoms with Crippen molar-refractivity contribution < 1.29 is 9.13 Å². The zero-order valence-electron chi connectivity index (χ0n) is 17.4. The maximum absolute atomic E-state index is 13.5. The monoisotopic (exact) mass is 474 g/mol. The maximum Gasteiger partial charge on any atom is 0.170 e. The van der Waals surface area contributed by atoms with Gasteiger partial charge >= 0.3 is 0 Å². The van der Waals surface area contributed by atoms with E-state index in [0.717, 1.165) is 62.4 Å². The lowest BCUT2D eigenvalue weighted by molar-refractivity contribution is 0.0376. The second-order valence-corrected chi connectivity index (χ2v) is 8.21. The summed E-state index contributed by atoms with van der Waals surface area (Å²) in [6.45, 7) is 5.41. The van der Waals surface area contributed by atoms with Crippen molar-refractivity contribution in [1.29, 1.82) is 0 Å². The lowest BCUT2D eigenvalue weighted by Crippen LogP contribution is -2.38. The fourth-order valence-electron chi connectivity index (χ4n) is 3.45. The van der Waals surface area contributed by atoms with Gasteiger partial charge in [0, 0.05) is 36.4 Å². The van der Waals surface area contributed by atoms with Crippen molar-refractivity contribution >= 4 is 57.0 Å². The SMILES string of the molecule is Fc1ccc(Nc2ncnc3ccc(NC(=S)NCCCN4CCOCC4)cc23)cc1Cl. The molecule has 3 aromatic rings. The number of benzene rings is 2. The summed E-state index contributed by atoms with van der Waals surface area (Å²) in [5.74, 6) is 0.118. The van der Waals surface area contributed by atoms with Gasteiger partial charge in [-0.1, -0.05) is 11.6 Å². The van der Waals surface area contributed by atoms with E-state index in [1.54, 1.807) is 6.07 Å². The molecule has 2 aromatic carbocycles. The van der Waals surface area contributed by atoms with Gasteiger partial charge in [-0.15, -0.1) is 0 Å². The van der Waals surface area contributed by atoms with E-state index in [1.807, 2.05) is 18.2 Å². The van der Waals surface area contributed by atoms with Crippen molar-refractivity contribution in [3.63, 3.8) is 0 Å². The van der Waals surface area contributed by atoms with Gasteiger partial charge in [-0.2, -0.15) is 0 Å². The van der Waals surface area contributed by atoms with E-state index in [9.17, 15) is 4.39 Å². The first kappa shape index (κ1) is 22.6. The molecule has 0 atom stereocenters. The topological polar surface area (TPSA) is 74.3 Å². The zero-order valence-corrected chi connectivity index (χ0v) is 19.0. The second kappa shape index (κ2) is 10.8. The molecule has 0 amide bonds. The fourth-order valence-corrected chi connectivity index (χ4v) is 3.85. The van der Waals surface area contributed by atoms with E-state index in [1.165, 1.54) is 18.5 Å². The van der Waals surface area contributed by atoms with Crippen LogP contribution in [0, 0.1) is 5.82 Å². The molecule has 0 unspecified atom stereocenters. The van der Waals surface area contributed by atoms with Crippen LogP contribution in [0.4, 0.5) is 21.6 Å². The van der Waals surface area contributed by atoms with Gasteiger partial charge in [-0.3, -0.25) is 4.90 Å². The third-order valence-electron chi connectivity index (χ3n) is 5.12. The summed E-state index contributed by atoms with van der Waals surface area (Å²) in [5, 5.41) is 11.0. The minimum atomic E-state index is -0.470. The lowest BCUT2D eigenvalue weighted by atomic mass is 10.2. The molecule has 3 N–H and O–H groups in total. The third kappa shape index (κ3) is 6.01. The zero-order chi connectivity index (χ0) is 22.3. The quantitative estimate of drug-likeness (QED) is 0.348. The molecule has 0 saturated carbocycles. The first-order valence-electron chi connectivity index (χ1n) is 10.4. The Morgan fingerprint density at radius 1 is 1.12 bits per heavy atom. The number of fused-ring (bicyclic) bond motifs is 1. The van der Waals surface area contributed by atoms with Crippen LogP contribution in [0.25, 0.3) is 10.9 Å². The average Bonchev–Trinajstić information content (AvgIpc) is 2.80. The molecular weight excluding hydrogens is 451 g/mol. The average molecular weight is 475 g/mol. The van der Waals surface area contributed by atoms with Gasteiger partial charge in [-0.05, 0) is 61.6 Å². The number of ether oxygens (including phenoxy) is 1. The molecule has 168 valence electrons.